The van der Waals surface area contributed by atoms with Crippen molar-refractivity contribution in [3.05, 3.63) is 89.6 Å². The number of anilines is 3. The Kier molecular flexibility index (Phi) is 7.69. The summed E-state index contributed by atoms with van der Waals surface area (Å²) in [5.74, 6) is 1.19. The maximum Gasteiger partial charge on any atom is 0.271 e. The SMILES string of the molecule is COc1c(-c2ccc3c(c2)C2(CCC2)CN(Cc2cccc(C(=O)N(C)C)n2)C3=O)ccnc1Nc1cc(NC(=O)C2CC2)nn2ccnc12. The van der Waals surface area contributed by atoms with Crippen LogP contribution in [-0.4, -0.2) is 79.8 Å². The van der Waals surface area contributed by atoms with Crippen LogP contribution in [0.5, 0.6) is 5.75 Å². The van der Waals surface area contributed by atoms with Crippen molar-refractivity contribution < 1.29 is 19.1 Å². The van der Waals surface area contributed by atoms with E-state index in [1.54, 1.807) is 56.4 Å². The fourth-order valence-corrected chi connectivity index (χ4v) is 7.04. The molecular formula is C37H37N9O4. The summed E-state index contributed by atoms with van der Waals surface area (Å²) in [4.78, 5) is 56.0. The molecule has 1 aromatic carbocycles. The molecule has 254 valence electrons. The summed E-state index contributed by atoms with van der Waals surface area (Å²) >= 11 is 0. The van der Waals surface area contributed by atoms with Crippen LogP contribution in [0.25, 0.3) is 16.8 Å². The Morgan fingerprint density at radius 2 is 1.88 bits per heavy atom. The highest BCUT2D eigenvalue weighted by Crippen LogP contribution is 2.50. The number of imidazole rings is 1. The van der Waals surface area contributed by atoms with E-state index in [-0.39, 0.29) is 29.1 Å². The van der Waals surface area contributed by atoms with Gasteiger partial charge in [0, 0.05) is 67.8 Å². The predicted octanol–water partition coefficient (Wildman–Crippen LogP) is 5.07. The van der Waals surface area contributed by atoms with Crippen LogP contribution in [0, 0.1) is 5.92 Å². The summed E-state index contributed by atoms with van der Waals surface area (Å²) in [6, 6.07) is 15.0. The molecule has 2 fully saturated rings. The smallest absolute Gasteiger partial charge is 0.271 e. The molecule has 2 aliphatic carbocycles. The van der Waals surface area contributed by atoms with E-state index in [1.165, 1.54) is 4.90 Å². The zero-order chi connectivity index (χ0) is 34.6. The van der Waals surface area contributed by atoms with E-state index < -0.39 is 0 Å². The minimum absolute atomic E-state index is 0.0355. The topological polar surface area (TPSA) is 147 Å². The number of fused-ring (bicyclic) bond motifs is 3. The Morgan fingerprint density at radius 3 is 2.62 bits per heavy atom. The summed E-state index contributed by atoms with van der Waals surface area (Å²) in [5, 5.41) is 10.8. The normalized spacial score (nSPS) is 16.1. The molecular weight excluding hydrogens is 634 g/mol. The second-order valence-electron chi connectivity index (χ2n) is 13.5. The lowest BCUT2D eigenvalue weighted by atomic mass is 9.61. The lowest BCUT2D eigenvalue weighted by Gasteiger charge is -2.49. The van der Waals surface area contributed by atoms with Gasteiger partial charge >= 0.3 is 0 Å². The third kappa shape index (κ3) is 5.57. The average molecular weight is 672 g/mol. The molecule has 0 unspecified atom stereocenters. The van der Waals surface area contributed by atoms with Crippen molar-refractivity contribution in [3.8, 4) is 16.9 Å². The molecule has 0 bridgehead atoms. The fraction of sp³-hybridized carbons (Fsp3) is 0.324. The third-order valence-electron chi connectivity index (χ3n) is 9.93. The van der Waals surface area contributed by atoms with Crippen molar-refractivity contribution in [2.75, 3.05) is 38.4 Å². The van der Waals surface area contributed by atoms with E-state index in [2.05, 4.69) is 36.8 Å². The number of benzene rings is 1. The Labute approximate surface area is 288 Å². The van der Waals surface area contributed by atoms with E-state index >= 15 is 0 Å². The van der Waals surface area contributed by atoms with Crippen molar-refractivity contribution in [3.63, 3.8) is 0 Å². The second-order valence-corrected chi connectivity index (χ2v) is 13.5. The first-order valence-electron chi connectivity index (χ1n) is 16.8. The molecule has 50 heavy (non-hydrogen) atoms. The molecule has 8 rings (SSSR count). The Morgan fingerprint density at radius 1 is 1.04 bits per heavy atom. The molecule has 2 saturated carbocycles. The maximum atomic E-state index is 14.0. The largest absolute Gasteiger partial charge is 0.492 e. The van der Waals surface area contributed by atoms with Gasteiger partial charge in [-0.1, -0.05) is 18.6 Å². The number of nitrogens with one attached hydrogen (secondary N) is 2. The molecule has 0 saturated heterocycles. The van der Waals surface area contributed by atoms with Gasteiger partial charge in [0.2, 0.25) is 5.91 Å². The van der Waals surface area contributed by atoms with Gasteiger partial charge in [-0.2, -0.15) is 0 Å². The van der Waals surface area contributed by atoms with Crippen LogP contribution in [0.2, 0.25) is 0 Å². The highest BCUT2D eigenvalue weighted by atomic mass is 16.5. The zero-order valence-electron chi connectivity index (χ0n) is 28.1. The Bertz CT molecular complexity index is 2170. The van der Waals surface area contributed by atoms with E-state index in [0.717, 1.165) is 48.8 Å². The van der Waals surface area contributed by atoms with Gasteiger partial charge in [0.1, 0.15) is 5.69 Å². The van der Waals surface area contributed by atoms with E-state index in [1.807, 2.05) is 35.2 Å². The number of amides is 3. The molecule has 13 nitrogen and oxygen atoms in total. The first-order chi connectivity index (χ1) is 24.2. The van der Waals surface area contributed by atoms with Gasteiger partial charge in [0.15, 0.2) is 23.0 Å². The van der Waals surface area contributed by atoms with Crippen LogP contribution in [0.3, 0.4) is 0 Å². The van der Waals surface area contributed by atoms with Gasteiger partial charge in [0.05, 0.1) is 25.0 Å². The lowest BCUT2D eigenvalue weighted by molar-refractivity contribution is -0.117. The van der Waals surface area contributed by atoms with Crippen molar-refractivity contribution in [1.82, 2.24) is 34.4 Å². The minimum atomic E-state index is -0.173. The van der Waals surface area contributed by atoms with Crippen molar-refractivity contribution in [1.29, 1.82) is 0 Å². The number of ether oxygens (including phenoxy) is 1. The van der Waals surface area contributed by atoms with Crippen LogP contribution in [0.4, 0.5) is 17.3 Å². The Balaban J connectivity index is 1.10. The minimum Gasteiger partial charge on any atom is -0.492 e. The highest BCUT2D eigenvalue weighted by molar-refractivity contribution is 5.99. The number of nitrogens with zero attached hydrogens (tertiary/aromatic N) is 7. The number of aromatic nitrogens is 5. The van der Waals surface area contributed by atoms with Crippen LogP contribution >= 0.6 is 0 Å². The molecule has 3 amide bonds. The van der Waals surface area contributed by atoms with Crippen LogP contribution in [0.15, 0.2) is 67.1 Å². The number of carbonyl (C=O) groups excluding carboxylic acids is 3. The molecule has 2 N–H and O–H groups in total. The summed E-state index contributed by atoms with van der Waals surface area (Å²) in [6.07, 6.45) is 9.90. The Hall–Kier alpha value is -5.85. The molecule has 5 aromatic rings. The number of rotatable bonds is 9. The molecule has 5 heterocycles. The van der Waals surface area contributed by atoms with Gasteiger partial charge < -0.3 is 25.2 Å². The standard InChI is InChI=1S/C37H37N9O4/c1-44(2)36(49)28-7-4-6-24(40-28)20-45-21-37(13-5-14-37)27-18-23(10-11-26(27)35(45)48)25-12-15-38-32(31(25)50-3)41-29-19-30(42-34(47)22-8-9-22)43-46-17-16-39-33(29)46/h4,6-7,10-12,15-19,22H,5,8-9,13-14,20-21H2,1-3H3,(H,38,41)(H,42,43,47). The molecule has 1 spiro atoms. The summed E-state index contributed by atoms with van der Waals surface area (Å²) < 4.78 is 7.58. The maximum absolute atomic E-state index is 14.0. The number of pyridine rings is 2. The van der Waals surface area contributed by atoms with Crippen LogP contribution in [-0.2, 0) is 16.8 Å². The molecule has 1 aliphatic heterocycles. The molecule has 3 aliphatic rings. The first kappa shape index (κ1) is 31.4. The summed E-state index contributed by atoms with van der Waals surface area (Å²) in [6.45, 7) is 0.909. The first-order valence-corrected chi connectivity index (χ1v) is 16.8. The lowest BCUT2D eigenvalue weighted by Crippen LogP contribution is -2.52. The number of hydrogen-bond donors (Lipinski definition) is 2. The third-order valence-corrected chi connectivity index (χ3v) is 9.93. The monoisotopic (exact) mass is 671 g/mol. The van der Waals surface area contributed by atoms with Gasteiger partial charge in [-0.25, -0.2) is 19.5 Å². The number of hydrogen-bond acceptors (Lipinski definition) is 9. The quantitative estimate of drug-likeness (QED) is 0.219. The van der Waals surface area contributed by atoms with Gasteiger partial charge in [0.25, 0.3) is 11.8 Å². The molecule has 13 heteroatoms. The van der Waals surface area contributed by atoms with Crippen LogP contribution < -0.4 is 15.4 Å². The highest BCUT2D eigenvalue weighted by Gasteiger charge is 2.47. The van der Waals surface area contributed by atoms with Crippen molar-refractivity contribution in [2.24, 2.45) is 5.92 Å². The predicted molar refractivity (Wildman–Crippen MR) is 186 cm³/mol. The fourth-order valence-electron chi connectivity index (χ4n) is 7.04. The van der Waals surface area contributed by atoms with Crippen LogP contribution in [0.1, 0.15) is 64.2 Å². The van der Waals surface area contributed by atoms with Gasteiger partial charge in [-0.3, -0.25) is 14.4 Å². The van der Waals surface area contributed by atoms with Gasteiger partial charge in [-0.15, -0.1) is 5.10 Å². The van der Waals surface area contributed by atoms with Crippen molar-refractivity contribution >= 4 is 40.7 Å². The zero-order valence-corrected chi connectivity index (χ0v) is 28.1. The van der Waals surface area contributed by atoms with E-state index in [4.69, 9.17) is 4.74 Å². The van der Waals surface area contributed by atoms with Gasteiger partial charge in [-0.05, 0) is 67.1 Å². The second kappa shape index (κ2) is 12.2. The number of carbonyl (C=O) groups is 3. The average Bonchev–Trinajstić information content (AvgIpc) is 3.85. The molecule has 0 atom stereocenters. The summed E-state index contributed by atoms with van der Waals surface area (Å²) in [7, 11) is 5.00. The molecule has 4 aromatic heterocycles. The van der Waals surface area contributed by atoms with Crippen molar-refractivity contribution in [2.45, 2.75) is 44.1 Å². The number of methoxy groups -OCH3 is 1. The van der Waals surface area contributed by atoms with E-state index in [9.17, 15) is 14.4 Å². The summed E-state index contributed by atoms with van der Waals surface area (Å²) in [5.41, 5.74) is 5.51. The van der Waals surface area contributed by atoms with E-state index in [0.29, 0.717) is 58.8 Å². The molecule has 0 radical (unpaired) electrons.